The van der Waals surface area contributed by atoms with Gasteiger partial charge in [-0.25, -0.2) is 4.98 Å². The SMILES string of the molecule is CCC(c1nc2ccccn2c(=O)c1Cc1ccccc1)N(CCCN)C(=O)c1cccs1. The molecular weight excluding hydrogens is 432 g/mol. The first kappa shape index (κ1) is 22.9. The summed E-state index contributed by atoms with van der Waals surface area (Å²) in [6, 6.07) is 18.8. The van der Waals surface area contributed by atoms with Crippen molar-refractivity contribution in [2.75, 3.05) is 13.1 Å². The summed E-state index contributed by atoms with van der Waals surface area (Å²) in [5, 5.41) is 1.90. The lowest BCUT2D eigenvalue weighted by Crippen LogP contribution is -2.38. The minimum Gasteiger partial charge on any atom is -0.330 e. The monoisotopic (exact) mass is 460 g/mol. The fraction of sp³-hybridized carbons (Fsp3) is 0.269. The first-order valence-corrected chi connectivity index (χ1v) is 12.1. The Morgan fingerprint density at radius 3 is 2.61 bits per heavy atom. The molecule has 0 aliphatic heterocycles. The Morgan fingerprint density at radius 2 is 1.91 bits per heavy atom. The fourth-order valence-electron chi connectivity index (χ4n) is 4.15. The molecule has 0 fully saturated rings. The van der Waals surface area contributed by atoms with Crippen LogP contribution >= 0.6 is 11.3 Å². The van der Waals surface area contributed by atoms with Gasteiger partial charge in [0, 0.05) is 24.7 Å². The summed E-state index contributed by atoms with van der Waals surface area (Å²) < 4.78 is 1.58. The zero-order valence-corrected chi connectivity index (χ0v) is 19.5. The van der Waals surface area contributed by atoms with Crippen molar-refractivity contribution < 1.29 is 4.79 Å². The minimum atomic E-state index is -0.331. The molecule has 0 saturated heterocycles. The number of fused-ring (bicyclic) bond motifs is 1. The fourth-order valence-corrected chi connectivity index (χ4v) is 4.83. The molecule has 0 saturated carbocycles. The van der Waals surface area contributed by atoms with Crippen LogP contribution < -0.4 is 11.3 Å². The van der Waals surface area contributed by atoms with Crippen molar-refractivity contribution in [1.82, 2.24) is 14.3 Å². The smallest absolute Gasteiger partial charge is 0.264 e. The standard InChI is InChI=1S/C26H28N4O2S/c1-2-21(29(16-9-14-27)26(32)22-12-8-17-33-22)24-20(18-19-10-4-3-5-11-19)25(31)30-15-7-6-13-23(30)28-24/h3-8,10-13,15,17,21H,2,9,14,16,18,27H2,1H3. The van der Waals surface area contributed by atoms with Crippen LogP contribution in [0.25, 0.3) is 5.65 Å². The van der Waals surface area contributed by atoms with Crippen molar-refractivity contribution in [1.29, 1.82) is 0 Å². The summed E-state index contributed by atoms with van der Waals surface area (Å²) in [7, 11) is 0. The van der Waals surface area contributed by atoms with Gasteiger partial charge in [-0.05, 0) is 48.5 Å². The predicted octanol–water partition coefficient (Wildman–Crippen LogP) is 4.29. The molecule has 170 valence electrons. The zero-order valence-electron chi connectivity index (χ0n) is 18.7. The molecule has 1 aromatic carbocycles. The Labute approximate surface area is 197 Å². The molecule has 4 rings (SSSR count). The van der Waals surface area contributed by atoms with Crippen molar-refractivity contribution >= 4 is 22.9 Å². The summed E-state index contributed by atoms with van der Waals surface area (Å²) in [6.45, 7) is 3.02. The highest BCUT2D eigenvalue weighted by molar-refractivity contribution is 7.12. The first-order valence-electron chi connectivity index (χ1n) is 11.2. The zero-order chi connectivity index (χ0) is 23.2. The van der Waals surface area contributed by atoms with E-state index in [0.717, 1.165) is 5.56 Å². The van der Waals surface area contributed by atoms with E-state index in [1.165, 1.54) is 11.3 Å². The molecule has 4 aromatic rings. The van der Waals surface area contributed by atoms with Gasteiger partial charge in [0.25, 0.3) is 11.5 Å². The van der Waals surface area contributed by atoms with Crippen LogP contribution in [0.3, 0.4) is 0 Å². The quantitative estimate of drug-likeness (QED) is 0.404. The van der Waals surface area contributed by atoms with Gasteiger partial charge in [0.15, 0.2) is 0 Å². The van der Waals surface area contributed by atoms with Gasteiger partial charge >= 0.3 is 0 Å². The lowest BCUT2D eigenvalue weighted by atomic mass is 9.98. The Kier molecular flexibility index (Phi) is 7.32. The van der Waals surface area contributed by atoms with Gasteiger partial charge in [-0.1, -0.05) is 49.4 Å². The number of benzene rings is 1. The molecule has 2 N–H and O–H groups in total. The molecule has 0 radical (unpaired) electrons. The summed E-state index contributed by atoms with van der Waals surface area (Å²) in [4.78, 5) is 34.6. The Morgan fingerprint density at radius 1 is 1.12 bits per heavy atom. The van der Waals surface area contributed by atoms with Crippen LogP contribution in [0.1, 0.15) is 52.3 Å². The number of nitrogens with two attached hydrogens (primary N) is 1. The van der Waals surface area contributed by atoms with Crippen LogP contribution in [0.15, 0.2) is 77.0 Å². The largest absolute Gasteiger partial charge is 0.330 e. The third-order valence-electron chi connectivity index (χ3n) is 5.76. The maximum absolute atomic E-state index is 13.6. The van der Waals surface area contributed by atoms with E-state index in [1.54, 1.807) is 10.6 Å². The van der Waals surface area contributed by atoms with E-state index in [9.17, 15) is 9.59 Å². The van der Waals surface area contributed by atoms with E-state index in [0.29, 0.717) is 54.1 Å². The number of carbonyl (C=O) groups excluding carboxylic acids is 1. The van der Waals surface area contributed by atoms with Crippen molar-refractivity contribution in [3.05, 3.63) is 104 Å². The number of thiophene rings is 1. The highest BCUT2D eigenvalue weighted by Crippen LogP contribution is 2.29. The van der Waals surface area contributed by atoms with Crippen molar-refractivity contribution in [3.8, 4) is 0 Å². The lowest BCUT2D eigenvalue weighted by molar-refractivity contribution is 0.0669. The van der Waals surface area contributed by atoms with E-state index in [1.807, 2.05) is 77.9 Å². The maximum atomic E-state index is 13.6. The third-order valence-corrected chi connectivity index (χ3v) is 6.62. The molecule has 3 heterocycles. The van der Waals surface area contributed by atoms with Gasteiger partial charge in [-0.2, -0.15) is 0 Å². The molecule has 1 amide bonds. The molecule has 33 heavy (non-hydrogen) atoms. The average molecular weight is 461 g/mol. The number of hydrogen-bond donors (Lipinski definition) is 1. The molecular formula is C26H28N4O2S. The van der Waals surface area contributed by atoms with Gasteiger partial charge in [0.2, 0.25) is 0 Å². The highest BCUT2D eigenvalue weighted by Gasteiger charge is 2.29. The van der Waals surface area contributed by atoms with E-state index in [2.05, 4.69) is 0 Å². The second kappa shape index (κ2) is 10.6. The van der Waals surface area contributed by atoms with Gasteiger partial charge in [0.1, 0.15) is 5.65 Å². The molecule has 6 nitrogen and oxygen atoms in total. The topological polar surface area (TPSA) is 80.7 Å². The summed E-state index contributed by atoms with van der Waals surface area (Å²) in [5.41, 5.74) is 8.60. The van der Waals surface area contributed by atoms with Gasteiger partial charge in [0.05, 0.1) is 16.6 Å². The van der Waals surface area contributed by atoms with E-state index >= 15 is 0 Å². The van der Waals surface area contributed by atoms with Crippen molar-refractivity contribution in [2.45, 2.75) is 32.2 Å². The predicted molar refractivity (Wildman–Crippen MR) is 133 cm³/mol. The van der Waals surface area contributed by atoms with Gasteiger partial charge in [-0.15, -0.1) is 11.3 Å². The number of rotatable bonds is 9. The second-order valence-electron chi connectivity index (χ2n) is 7.91. The molecule has 0 aliphatic carbocycles. The van der Waals surface area contributed by atoms with E-state index in [4.69, 9.17) is 10.7 Å². The number of nitrogens with zero attached hydrogens (tertiary/aromatic N) is 3. The Balaban J connectivity index is 1.87. The van der Waals surface area contributed by atoms with Crippen LogP contribution in [0.4, 0.5) is 0 Å². The summed E-state index contributed by atoms with van der Waals surface area (Å²) >= 11 is 1.42. The number of carbonyl (C=O) groups is 1. The normalized spacial score (nSPS) is 12.1. The molecule has 0 aliphatic rings. The van der Waals surface area contributed by atoms with Crippen LogP contribution in [-0.2, 0) is 6.42 Å². The van der Waals surface area contributed by atoms with Crippen molar-refractivity contribution in [3.63, 3.8) is 0 Å². The molecule has 0 spiro atoms. The van der Waals surface area contributed by atoms with Crippen LogP contribution in [0.2, 0.25) is 0 Å². The van der Waals surface area contributed by atoms with Crippen LogP contribution in [0.5, 0.6) is 0 Å². The van der Waals surface area contributed by atoms with E-state index < -0.39 is 0 Å². The van der Waals surface area contributed by atoms with Crippen LogP contribution in [-0.4, -0.2) is 33.3 Å². The third kappa shape index (κ3) is 4.89. The van der Waals surface area contributed by atoms with E-state index in [-0.39, 0.29) is 17.5 Å². The molecule has 1 unspecified atom stereocenters. The first-order chi connectivity index (χ1) is 16.1. The highest BCUT2D eigenvalue weighted by atomic mass is 32.1. The number of hydrogen-bond acceptors (Lipinski definition) is 5. The molecule has 7 heteroatoms. The number of amides is 1. The molecule has 3 aromatic heterocycles. The van der Waals surface area contributed by atoms with Gasteiger partial charge < -0.3 is 10.6 Å². The molecule has 0 bridgehead atoms. The second-order valence-corrected chi connectivity index (χ2v) is 8.86. The number of pyridine rings is 1. The maximum Gasteiger partial charge on any atom is 0.264 e. The lowest BCUT2D eigenvalue weighted by Gasteiger charge is -2.32. The minimum absolute atomic E-state index is 0.0500. The summed E-state index contributed by atoms with van der Waals surface area (Å²) in [6.07, 6.45) is 3.51. The average Bonchev–Trinajstić information content (AvgIpc) is 3.39. The summed E-state index contributed by atoms with van der Waals surface area (Å²) in [5.74, 6) is -0.0500. The van der Waals surface area contributed by atoms with Crippen LogP contribution in [0, 0.1) is 0 Å². The Bertz CT molecular complexity index is 1270. The molecule has 1 atom stereocenters. The Hall–Kier alpha value is -3.29. The van der Waals surface area contributed by atoms with Gasteiger partial charge in [-0.3, -0.25) is 14.0 Å². The van der Waals surface area contributed by atoms with Crippen molar-refractivity contribution in [2.24, 2.45) is 5.73 Å². The number of aromatic nitrogens is 2.